The van der Waals surface area contributed by atoms with Crippen molar-refractivity contribution in [3.05, 3.63) is 59.7 Å². The van der Waals surface area contributed by atoms with E-state index in [1.807, 2.05) is 31.2 Å². The zero-order chi connectivity index (χ0) is 20.0. The third-order valence-electron chi connectivity index (χ3n) is 4.21. The van der Waals surface area contributed by atoms with Crippen molar-refractivity contribution >= 4 is 17.6 Å². The summed E-state index contributed by atoms with van der Waals surface area (Å²) in [7, 11) is 1.32. The highest BCUT2D eigenvalue weighted by Gasteiger charge is 2.20. The van der Waals surface area contributed by atoms with E-state index in [2.05, 4.69) is 26.1 Å². The number of carbonyl (C=O) groups is 2. The first-order chi connectivity index (χ1) is 12.7. The summed E-state index contributed by atoms with van der Waals surface area (Å²) < 4.78 is 10.6. The van der Waals surface area contributed by atoms with Crippen LogP contribution in [-0.4, -0.2) is 25.1 Å². The van der Waals surface area contributed by atoms with Gasteiger partial charge >= 0.3 is 5.97 Å². The summed E-state index contributed by atoms with van der Waals surface area (Å²) in [4.78, 5) is 24.2. The molecule has 2 aromatic carbocycles. The number of ether oxygens (including phenoxy) is 2. The summed E-state index contributed by atoms with van der Waals surface area (Å²) >= 11 is 0. The molecule has 27 heavy (non-hydrogen) atoms. The molecule has 1 N–H and O–H groups in total. The molecule has 0 spiro atoms. The van der Waals surface area contributed by atoms with Gasteiger partial charge in [0, 0.05) is 5.69 Å². The molecule has 0 saturated heterocycles. The predicted molar refractivity (Wildman–Crippen MR) is 106 cm³/mol. The average molecular weight is 369 g/mol. The second-order valence-corrected chi connectivity index (χ2v) is 7.35. The van der Waals surface area contributed by atoms with Crippen LogP contribution in [0.3, 0.4) is 0 Å². The molecule has 2 rings (SSSR count). The Labute approximate surface area is 160 Å². The molecular weight excluding hydrogens is 342 g/mol. The quantitative estimate of drug-likeness (QED) is 0.758. The molecule has 0 aliphatic carbocycles. The van der Waals surface area contributed by atoms with Crippen LogP contribution in [0, 0.1) is 0 Å². The molecule has 0 heterocycles. The smallest absolute Gasteiger partial charge is 0.337 e. The fraction of sp³-hybridized carbons (Fsp3) is 0.364. The second kappa shape index (κ2) is 8.71. The van der Waals surface area contributed by atoms with Gasteiger partial charge in [-0.25, -0.2) is 4.79 Å². The molecule has 0 radical (unpaired) electrons. The highest BCUT2D eigenvalue weighted by molar-refractivity contribution is 5.96. The number of methoxy groups -OCH3 is 1. The molecule has 2 aromatic rings. The predicted octanol–water partition coefficient (Wildman–Crippen LogP) is 4.57. The highest BCUT2D eigenvalue weighted by atomic mass is 16.5. The zero-order valence-electron chi connectivity index (χ0n) is 16.5. The van der Waals surface area contributed by atoms with Crippen LogP contribution in [0.5, 0.6) is 5.75 Å². The number of anilines is 1. The minimum absolute atomic E-state index is 0.0602. The molecule has 0 aromatic heterocycles. The van der Waals surface area contributed by atoms with Crippen LogP contribution in [0.25, 0.3) is 0 Å². The summed E-state index contributed by atoms with van der Waals surface area (Å²) in [6, 6.07) is 14.4. The summed E-state index contributed by atoms with van der Waals surface area (Å²) in [6.07, 6.45) is -0.115. The third kappa shape index (κ3) is 5.58. The average Bonchev–Trinajstić information content (AvgIpc) is 2.65. The van der Waals surface area contributed by atoms with Crippen LogP contribution < -0.4 is 10.1 Å². The SMILES string of the molecule is CCC(Oc1ccc(C(C)(C)C)cc1)C(=O)Nc1cccc(C(=O)OC)c1. The first-order valence-corrected chi connectivity index (χ1v) is 9.01. The third-order valence-corrected chi connectivity index (χ3v) is 4.21. The van der Waals surface area contributed by atoms with E-state index >= 15 is 0 Å². The molecule has 0 bridgehead atoms. The summed E-state index contributed by atoms with van der Waals surface area (Å²) in [5.74, 6) is -0.0685. The van der Waals surface area contributed by atoms with Crippen LogP contribution in [-0.2, 0) is 14.9 Å². The number of amides is 1. The van der Waals surface area contributed by atoms with E-state index in [0.29, 0.717) is 23.4 Å². The lowest BCUT2D eigenvalue weighted by atomic mass is 9.87. The van der Waals surface area contributed by atoms with Gasteiger partial charge in [0.1, 0.15) is 5.75 Å². The highest BCUT2D eigenvalue weighted by Crippen LogP contribution is 2.25. The first kappa shape index (κ1) is 20.5. The Morgan fingerprint density at radius 1 is 1.07 bits per heavy atom. The summed E-state index contributed by atoms with van der Waals surface area (Å²) in [5, 5.41) is 2.80. The maximum atomic E-state index is 12.6. The van der Waals surface area contributed by atoms with Crippen LogP contribution in [0.1, 0.15) is 50.0 Å². The van der Waals surface area contributed by atoms with E-state index in [1.165, 1.54) is 12.7 Å². The lowest BCUT2D eigenvalue weighted by molar-refractivity contribution is -0.122. The molecule has 1 unspecified atom stereocenters. The van der Waals surface area contributed by atoms with Crippen molar-refractivity contribution < 1.29 is 19.1 Å². The Bertz CT molecular complexity index is 791. The molecule has 1 atom stereocenters. The van der Waals surface area contributed by atoms with Crippen molar-refractivity contribution in [2.45, 2.75) is 45.6 Å². The number of hydrogen-bond acceptors (Lipinski definition) is 4. The van der Waals surface area contributed by atoms with E-state index in [4.69, 9.17) is 9.47 Å². The van der Waals surface area contributed by atoms with Gasteiger partial charge in [-0.15, -0.1) is 0 Å². The minimum atomic E-state index is -0.632. The number of carbonyl (C=O) groups excluding carboxylic acids is 2. The van der Waals surface area contributed by atoms with Gasteiger partial charge in [0.15, 0.2) is 6.10 Å². The standard InChI is InChI=1S/C22H27NO4/c1-6-19(27-18-12-10-16(11-13-18)22(2,3)4)20(24)23-17-9-7-8-15(14-17)21(25)26-5/h7-14,19H,6H2,1-5H3,(H,23,24). The van der Waals surface area contributed by atoms with Crippen LogP contribution in [0.15, 0.2) is 48.5 Å². The minimum Gasteiger partial charge on any atom is -0.481 e. The molecule has 0 aliphatic rings. The Morgan fingerprint density at radius 2 is 1.74 bits per heavy atom. The molecule has 0 aliphatic heterocycles. The Kier molecular flexibility index (Phi) is 6.61. The first-order valence-electron chi connectivity index (χ1n) is 9.01. The lowest BCUT2D eigenvalue weighted by Crippen LogP contribution is -2.32. The Hall–Kier alpha value is -2.82. The topological polar surface area (TPSA) is 64.6 Å². The van der Waals surface area contributed by atoms with Crippen molar-refractivity contribution in [3.63, 3.8) is 0 Å². The van der Waals surface area contributed by atoms with E-state index in [-0.39, 0.29) is 11.3 Å². The summed E-state index contributed by atoms with van der Waals surface area (Å²) in [6.45, 7) is 8.33. The van der Waals surface area contributed by atoms with Crippen LogP contribution >= 0.6 is 0 Å². The summed E-state index contributed by atoms with van der Waals surface area (Å²) in [5.41, 5.74) is 2.16. The van der Waals surface area contributed by atoms with Crippen LogP contribution in [0.2, 0.25) is 0 Å². The zero-order valence-corrected chi connectivity index (χ0v) is 16.5. The molecule has 5 heteroatoms. The fourth-order valence-electron chi connectivity index (χ4n) is 2.58. The molecule has 144 valence electrons. The second-order valence-electron chi connectivity index (χ2n) is 7.35. The van der Waals surface area contributed by atoms with Gasteiger partial charge in [-0.2, -0.15) is 0 Å². The molecule has 1 amide bonds. The van der Waals surface area contributed by atoms with Gasteiger partial charge in [0.05, 0.1) is 12.7 Å². The molecule has 5 nitrogen and oxygen atoms in total. The van der Waals surface area contributed by atoms with Gasteiger partial charge < -0.3 is 14.8 Å². The maximum absolute atomic E-state index is 12.6. The fourth-order valence-corrected chi connectivity index (χ4v) is 2.58. The van der Waals surface area contributed by atoms with Crippen molar-refractivity contribution in [2.75, 3.05) is 12.4 Å². The molecule has 0 saturated carbocycles. The Balaban J connectivity index is 2.07. The van der Waals surface area contributed by atoms with Gasteiger partial charge in [0.25, 0.3) is 5.91 Å². The largest absolute Gasteiger partial charge is 0.481 e. The van der Waals surface area contributed by atoms with Gasteiger partial charge in [-0.1, -0.05) is 45.9 Å². The monoisotopic (exact) mass is 369 g/mol. The van der Waals surface area contributed by atoms with E-state index in [9.17, 15) is 9.59 Å². The van der Waals surface area contributed by atoms with Gasteiger partial charge in [-0.3, -0.25) is 4.79 Å². The Morgan fingerprint density at radius 3 is 2.30 bits per heavy atom. The number of esters is 1. The van der Waals surface area contributed by atoms with E-state index < -0.39 is 12.1 Å². The normalized spacial score (nSPS) is 12.2. The van der Waals surface area contributed by atoms with Crippen LogP contribution in [0.4, 0.5) is 5.69 Å². The van der Waals surface area contributed by atoms with Crippen molar-refractivity contribution in [2.24, 2.45) is 0 Å². The number of rotatable bonds is 6. The van der Waals surface area contributed by atoms with Crippen molar-refractivity contribution in [3.8, 4) is 5.75 Å². The van der Waals surface area contributed by atoms with E-state index in [1.54, 1.807) is 24.3 Å². The van der Waals surface area contributed by atoms with Crippen molar-refractivity contribution in [1.29, 1.82) is 0 Å². The van der Waals surface area contributed by atoms with Gasteiger partial charge in [-0.05, 0) is 47.7 Å². The number of benzene rings is 2. The van der Waals surface area contributed by atoms with Crippen molar-refractivity contribution in [1.82, 2.24) is 0 Å². The number of hydrogen-bond donors (Lipinski definition) is 1. The van der Waals surface area contributed by atoms with E-state index in [0.717, 1.165) is 0 Å². The lowest BCUT2D eigenvalue weighted by Gasteiger charge is -2.21. The maximum Gasteiger partial charge on any atom is 0.337 e. The molecule has 0 fully saturated rings. The molecular formula is C22H27NO4. The van der Waals surface area contributed by atoms with Gasteiger partial charge in [0.2, 0.25) is 0 Å². The number of nitrogens with one attached hydrogen (secondary N) is 1.